The van der Waals surface area contributed by atoms with Gasteiger partial charge in [0.1, 0.15) is 11.5 Å². The van der Waals surface area contributed by atoms with E-state index in [9.17, 15) is 51.3 Å². The number of hydrogen-bond donors (Lipinski definition) is 5. The zero-order valence-corrected chi connectivity index (χ0v) is 37.3. The summed E-state index contributed by atoms with van der Waals surface area (Å²) in [6, 6.07) is 27.3. The summed E-state index contributed by atoms with van der Waals surface area (Å²) >= 11 is 0. The number of halogens is 6. The van der Waals surface area contributed by atoms with Crippen LogP contribution in [0.25, 0.3) is 56.1 Å². The first-order chi connectivity index (χ1) is 32.8. The van der Waals surface area contributed by atoms with Crippen molar-refractivity contribution in [1.29, 1.82) is 0 Å². The van der Waals surface area contributed by atoms with E-state index >= 15 is 0 Å². The van der Waals surface area contributed by atoms with Gasteiger partial charge in [0, 0.05) is 70.8 Å². The first kappa shape index (κ1) is 47.7. The maximum atomic E-state index is 12.8. The second kappa shape index (κ2) is 19.4. The number of imidazole rings is 2. The SMILES string of the molecule is Cc1cc(-c2cnc3c(NCCC(F)(F)F)cc(-c4ccccc4O)cn23)ccc1C(=O)CC1CC1.Cc1cc(-c2cnc3c(NCCC(F)(F)F)cc(-c4ccccc4O)cn23)ccc1C(=O)O. The largest absolute Gasteiger partial charge is 0.507 e. The number of phenolic OH excluding ortho intramolecular Hbond substituents is 2. The average molecular weight is 949 g/mol. The monoisotopic (exact) mass is 948 g/mol. The molecule has 0 atom stereocenters. The number of aryl methyl sites for hydroxylation is 2. The Morgan fingerprint density at radius 3 is 1.45 bits per heavy atom. The van der Waals surface area contributed by atoms with Crippen LogP contribution in [0.5, 0.6) is 11.5 Å². The minimum Gasteiger partial charge on any atom is -0.507 e. The fourth-order valence-electron chi connectivity index (χ4n) is 8.16. The van der Waals surface area contributed by atoms with Crippen molar-refractivity contribution in [2.75, 3.05) is 23.7 Å². The molecular formula is C52H46F6N6O5. The number of aromatic hydroxyl groups is 2. The molecule has 11 nitrogen and oxygen atoms in total. The van der Waals surface area contributed by atoms with Crippen molar-refractivity contribution in [3.05, 3.63) is 144 Å². The van der Waals surface area contributed by atoms with Crippen molar-refractivity contribution in [3.63, 3.8) is 0 Å². The highest BCUT2D eigenvalue weighted by molar-refractivity contribution is 5.98. The van der Waals surface area contributed by atoms with Crippen molar-refractivity contribution in [3.8, 4) is 56.3 Å². The fourth-order valence-corrected chi connectivity index (χ4v) is 8.16. The minimum absolute atomic E-state index is 0.0291. The van der Waals surface area contributed by atoms with E-state index in [4.69, 9.17) is 0 Å². The first-order valence-electron chi connectivity index (χ1n) is 22.0. The van der Waals surface area contributed by atoms with E-state index in [0.29, 0.717) is 79.6 Å². The molecule has 1 aliphatic rings. The molecule has 17 heteroatoms. The third-order valence-corrected chi connectivity index (χ3v) is 11.8. The molecule has 4 aromatic carbocycles. The quantitative estimate of drug-likeness (QED) is 0.0529. The molecule has 5 N–H and O–H groups in total. The third kappa shape index (κ3) is 11.1. The first-order valence-corrected chi connectivity index (χ1v) is 22.0. The summed E-state index contributed by atoms with van der Waals surface area (Å²) in [5, 5.41) is 35.7. The fraction of sp³-hybridized carbons (Fsp3) is 0.231. The number of benzene rings is 4. The lowest BCUT2D eigenvalue weighted by molar-refractivity contribution is -0.132. The molecule has 0 radical (unpaired) electrons. The molecule has 1 saturated carbocycles. The highest BCUT2D eigenvalue weighted by Crippen LogP contribution is 2.38. The number of hydrogen-bond acceptors (Lipinski definition) is 8. The van der Waals surface area contributed by atoms with Gasteiger partial charge in [0.15, 0.2) is 17.1 Å². The Kier molecular flexibility index (Phi) is 13.4. The Bertz CT molecular complexity index is 3210. The summed E-state index contributed by atoms with van der Waals surface area (Å²) in [6.45, 7) is 2.96. The summed E-state index contributed by atoms with van der Waals surface area (Å²) in [5.41, 5.74) is 9.16. The Labute approximate surface area is 391 Å². The molecule has 0 unspecified atom stereocenters. The van der Waals surface area contributed by atoms with Gasteiger partial charge in [-0.2, -0.15) is 26.3 Å². The van der Waals surface area contributed by atoms with Gasteiger partial charge in [-0.3, -0.25) is 13.6 Å². The molecule has 1 fully saturated rings. The maximum Gasteiger partial charge on any atom is 0.390 e. The number of fused-ring (bicyclic) bond motifs is 2. The number of carbonyl (C=O) groups excluding carboxylic acids is 1. The normalized spacial score (nSPS) is 12.8. The number of ketones is 1. The lowest BCUT2D eigenvalue weighted by Crippen LogP contribution is -2.15. The van der Waals surface area contributed by atoms with Crippen LogP contribution in [0, 0.1) is 19.8 Å². The lowest BCUT2D eigenvalue weighted by Gasteiger charge is -2.14. The summed E-state index contributed by atoms with van der Waals surface area (Å²) < 4.78 is 79.9. The average Bonchev–Trinajstić information content (AvgIpc) is 3.82. The van der Waals surface area contributed by atoms with Crippen LogP contribution < -0.4 is 10.6 Å². The van der Waals surface area contributed by atoms with Crippen LogP contribution in [0.15, 0.2) is 122 Å². The highest BCUT2D eigenvalue weighted by Gasteiger charge is 2.28. The van der Waals surface area contributed by atoms with E-state index in [1.165, 1.54) is 12.1 Å². The van der Waals surface area contributed by atoms with Crippen LogP contribution in [-0.2, 0) is 0 Å². The van der Waals surface area contributed by atoms with Crippen LogP contribution in [0.3, 0.4) is 0 Å². The Hall–Kier alpha value is -7.82. The molecule has 1 aliphatic carbocycles. The molecule has 9 rings (SSSR count). The molecule has 4 heterocycles. The van der Waals surface area contributed by atoms with E-state index in [2.05, 4.69) is 20.6 Å². The number of anilines is 2. The molecule has 4 aromatic heterocycles. The van der Waals surface area contributed by atoms with E-state index < -0.39 is 31.2 Å². The number of nitrogens with one attached hydrogen (secondary N) is 2. The van der Waals surface area contributed by atoms with Gasteiger partial charge in [-0.1, -0.05) is 54.6 Å². The van der Waals surface area contributed by atoms with Crippen LogP contribution in [0.2, 0.25) is 0 Å². The highest BCUT2D eigenvalue weighted by atomic mass is 19.4. The van der Waals surface area contributed by atoms with E-state index in [0.717, 1.165) is 29.7 Å². The van der Waals surface area contributed by atoms with Crippen molar-refractivity contribution < 1.29 is 51.3 Å². The molecule has 356 valence electrons. The van der Waals surface area contributed by atoms with Crippen molar-refractivity contribution >= 4 is 34.4 Å². The number of para-hydroxylation sites is 2. The zero-order valence-electron chi connectivity index (χ0n) is 37.3. The number of aromatic nitrogens is 4. The molecule has 0 amide bonds. The summed E-state index contributed by atoms with van der Waals surface area (Å²) in [6.07, 6.45) is -0.984. The molecule has 8 aromatic rings. The maximum absolute atomic E-state index is 12.8. The van der Waals surface area contributed by atoms with Gasteiger partial charge in [0.05, 0.1) is 53.6 Å². The summed E-state index contributed by atoms with van der Waals surface area (Å²) in [7, 11) is 0. The molecule has 0 bridgehead atoms. The Morgan fingerprint density at radius 1 is 0.623 bits per heavy atom. The predicted molar refractivity (Wildman–Crippen MR) is 252 cm³/mol. The second-order valence-corrected chi connectivity index (χ2v) is 17.0. The van der Waals surface area contributed by atoms with Gasteiger partial charge >= 0.3 is 18.3 Å². The van der Waals surface area contributed by atoms with Crippen LogP contribution >= 0.6 is 0 Å². The number of pyridine rings is 2. The number of phenols is 2. The number of aromatic carboxylic acids is 1. The van der Waals surface area contributed by atoms with Crippen LogP contribution in [-0.4, -0.2) is 71.3 Å². The van der Waals surface area contributed by atoms with E-state index in [1.54, 1.807) is 101 Å². The Morgan fingerprint density at radius 2 is 1.06 bits per heavy atom. The smallest absolute Gasteiger partial charge is 0.390 e. The number of carboxylic acids is 1. The number of Topliss-reactive ketones (excluding diaryl/α,β-unsaturated/α-hetero) is 1. The van der Waals surface area contributed by atoms with Crippen molar-refractivity contribution in [1.82, 2.24) is 18.8 Å². The van der Waals surface area contributed by atoms with Crippen LogP contribution in [0.4, 0.5) is 37.7 Å². The topological polar surface area (TPSA) is 153 Å². The Balaban J connectivity index is 0.000000187. The predicted octanol–water partition coefficient (Wildman–Crippen LogP) is 12.8. The van der Waals surface area contributed by atoms with Gasteiger partial charge in [-0.15, -0.1) is 0 Å². The van der Waals surface area contributed by atoms with E-state index in [1.807, 2.05) is 31.3 Å². The third-order valence-electron chi connectivity index (χ3n) is 11.8. The van der Waals surface area contributed by atoms with E-state index in [-0.39, 0.29) is 35.9 Å². The molecular weight excluding hydrogens is 903 g/mol. The molecule has 0 spiro atoms. The zero-order chi connectivity index (χ0) is 49.2. The standard InChI is InChI=1S/C28H26F3N3O2.C24H20F3N3O3/c1-17-12-19(8-9-21(17)26(36)13-18-6-7-18)24-15-33-27-23(32-11-10-28(29,30)31)14-20(16-34(24)27)22-4-2-3-5-25(22)35;1-14-10-15(6-7-17(14)23(32)33)20-12-29-22-19(28-9-8-24(25,26)27)11-16(13-30(20)22)18-4-2-3-5-21(18)31/h2-5,8-9,12,14-16,18,32,35H,6-7,10-11,13H2,1H3;2-7,10-13,28,31H,8-9H2,1H3,(H,32,33). The van der Waals surface area contributed by atoms with Gasteiger partial charge in [0.2, 0.25) is 0 Å². The number of rotatable bonds is 14. The number of carboxylic acid groups (broad SMARTS) is 1. The van der Waals surface area contributed by atoms with Gasteiger partial charge in [-0.25, -0.2) is 14.8 Å². The van der Waals surface area contributed by atoms with Crippen LogP contribution in [0.1, 0.15) is 63.9 Å². The summed E-state index contributed by atoms with van der Waals surface area (Å²) in [4.78, 5) is 32.9. The number of nitrogens with zero attached hydrogens (tertiary/aromatic N) is 4. The number of carbonyl (C=O) groups is 2. The molecule has 0 aliphatic heterocycles. The van der Waals surface area contributed by atoms with Crippen molar-refractivity contribution in [2.24, 2.45) is 5.92 Å². The minimum atomic E-state index is -4.30. The van der Waals surface area contributed by atoms with Gasteiger partial charge in [-0.05, 0) is 86.2 Å². The lowest BCUT2D eigenvalue weighted by atomic mass is 9.98. The van der Waals surface area contributed by atoms with Gasteiger partial charge < -0.3 is 26.0 Å². The van der Waals surface area contributed by atoms with Crippen molar-refractivity contribution in [2.45, 2.75) is 58.3 Å². The van der Waals surface area contributed by atoms with Gasteiger partial charge in [0.25, 0.3) is 0 Å². The second-order valence-electron chi connectivity index (χ2n) is 17.0. The molecule has 69 heavy (non-hydrogen) atoms. The number of alkyl halides is 6. The molecule has 0 saturated heterocycles. The summed E-state index contributed by atoms with van der Waals surface area (Å²) in [5.74, 6) is -0.283.